The van der Waals surface area contributed by atoms with Crippen molar-refractivity contribution in [2.24, 2.45) is 0 Å². The standard InChI is InChI=1S/C18H20N6O3S2/c1-12-21-22-17(29-12)20-15(25)11-28-18-19-13-4-2-3-5-14(13)24(18)10-16(26)23-6-8-27-9-7-23/h2-5H,6-11H2,1H3,(H,20,22,25). The number of morpholine rings is 1. The molecule has 9 nitrogen and oxygen atoms in total. The normalized spacial score (nSPS) is 14.3. The number of thioether (sulfide) groups is 1. The molecule has 0 saturated carbocycles. The highest BCUT2D eigenvalue weighted by atomic mass is 32.2. The molecule has 1 aliphatic heterocycles. The van der Waals surface area contributed by atoms with Gasteiger partial charge in [-0.2, -0.15) is 0 Å². The predicted octanol–water partition coefficient (Wildman–Crippen LogP) is 1.79. The number of hydrogen-bond donors (Lipinski definition) is 1. The van der Waals surface area contributed by atoms with Gasteiger partial charge in [-0.25, -0.2) is 4.98 Å². The van der Waals surface area contributed by atoms with E-state index >= 15 is 0 Å². The molecule has 0 aliphatic carbocycles. The summed E-state index contributed by atoms with van der Waals surface area (Å²) >= 11 is 2.62. The molecular formula is C18H20N6O3S2. The van der Waals surface area contributed by atoms with Crippen molar-refractivity contribution in [2.45, 2.75) is 18.6 Å². The summed E-state index contributed by atoms with van der Waals surface area (Å²) in [7, 11) is 0. The van der Waals surface area contributed by atoms with E-state index in [-0.39, 0.29) is 24.1 Å². The highest BCUT2D eigenvalue weighted by Gasteiger charge is 2.21. The smallest absolute Gasteiger partial charge is 0.242 e. The first kappa shape index (κ1) is 19.8. The minimum atomic E-state index is -0.190. The summed E-state index contributed by atoms with van der Waals surface area (Å²) in [5.74, 6) is -0.00963. The van der Waals surface area contributed by atoms with Gasteiger partial charge in [-0.1, -0.05) is 35.2 Å². The average Bonchev–Trinajstić information content (AvgIpc) is 3.30. The van der Waals surface area contributed by atoms with E-state index in [2.05, 4.69) is 20.5 Å². The van der Waals surface area contributed by atoms with Crippen LogP contribution in [-0.2, 0) is 20.9 Å². The number of nitrogens with one attached hydrogen (secondary N) is 1. The van der Waals surface area contributed by atoms with Crippen LogP contribution in [0, 0.1) is 6.92 Å². The predicted molar refractivity (Wildman–Crippen MR) is 111 cm³/mol. The zero-order chi connectivity index (χ0) is 20.2. The maximum Gasteiger partial charge on any atom is 0.242 e. The lowest BCUT2D eigenvalue weighted by molar-refractivity contribution is -0.135. The van der Waals surface area contributed by atoms with Crippen molar-refractivity contribution in [2.75, 3.05) is 37.4 Å². The largest absolute Gasteiger partial charge is 0.378 e. The van der Waals surface area contributed by atoms with E-state index in [1.165, 1.54) is 23.1 Å². The van der Waals surface area contributed by atoms with E-state index in [0.29, 0.717) is 36.6 Å². The lowest BCUT2D eigenvalue weighted by Crippen LogP contribution is -2.42. The third-order valence-corrected chi connectivity index (χ3v) is 6.11. The number of ether oxygens (including phenoxy) is 1. The summed E-state index contributed by atoms with van der Waals surface area (Å²) in [5, 5.41) is 12.4. The fourth-order valence-electron chi connectivity index (χ4n) is 3.00. The van der Waals surface area contributed by atoms with Gasteiger partial charge in [0.1, 0.15) is 11.6 Å². The van der Waals surface area contributed by atoms with Gasteiger partial charge >= 0.3 is 0 Å². The van der Waals surface area contributed by atoms with Crippen molar-refractivity contribution in [3.8, 4) is 0 Å². The number of nitrogens with zero attached hydrogens (tertiary/aromatic N) is 5. The van der Waals surface area contributed by atoms with Crippen LogP contribution in [0.2, 0.25) is 0 Å². The Morgan fingerprint density at radius 3 is 2.79 bits per heavy atom. The van der Waals surface area contributed by atoms with Crippen LogP contribution in [0.3, 0.4) is 0 Å². The van der Waals surface area contributed by atoms with Crippen molar-refractivity contribution in [1.29, 1.82) is 0 Å². The Bertz CT molecular complexity index is 1030. The number of anilines is 1. The molecule has 152 valence electrons. The van der Waals surface area contributed by atoms with Gasteiger partial charge < -0.3 is 14.2 Å². The fourth-order valence-corrected chi connectivity index (χ4v) is 4.42. The maximum atomic E-state index is 12.8. The Labute approximate surface area is 175 Å². The molecule has 2 amide bonds. The summed E-state index contributed by atoms with van der Waals surface area (Å²) < 4.78 is 7.20. The van der Waals surface area contributed by atoms with Crippen LogP contribution in [0.25, 0.3) is 11.0 Å². The Kier molecular flexibility index (Phi) is 6.07. The number of carbonyl (C=O) groups is 2. The number of rotatable bonds is 6. The second-order valence-electron chi connectivity index (χ2n) is 6.43. The number of para-hydroxylation sites is 2. The number of imidazole rings is 1. The van der Waals surface area contributed by atoms with E-state index in [1.54, 1.807) is 4.90 Å². The molecule has 0 unspecified atom stereocenters. The van der Waals surface area contributed by atoms with Crippen LogP contribution in [0.1, 0.15) is 5.01 Å². The Morgan fingerprint density at radius 2 is 2.03 bits per heavy atom. The zero-order valence-corrected chi connectivity index (χ0v) is 17.5. The highest BCUT2D eigenvalue weighted by molar-refractivity contribution is 7.99. The quantitative estimate of drug-likeness (QED) is 0.593. The second-order valence-corrected chi connectivity index (χ2v) is 8.55. The summed E-state index contributed by atoms with van der Waals surface area (Å²) in [4.78, 5) is 31.5. The first-order valence-electron chi connectivity index (χ1n) is 9.14. The van der Waals surface area contributed by atoms with E-state index in [4.69, 9.17) is 4.74 Å². The molecule has 0 bridgehead atoms. The zero-order valence-electron chi connectivity index (χ0n) is 15.8. The molecular weight excluding hydrogens is 412 g/mol. The Morgan fingerprint density at radius 1 is 1.24 bits per heavy atom. The van der Waals surface area contributed by atoms with Gasteiger partial charge in [0.15, 0.2) is 5.16 Å². The number of aromatic nitrogens is 4. The Balaban J connectivity index is 1.48. The van der Waals surface area contributed by atoms with Gasteiger partial charge in [-0.05, 0) is 19.1 Å². The molecule has 1 N–H and O–H groups in total. The molecule has 4 rings (SSSR count). The molecule has 1 aliphatic rings. The third-order valence-electron chi connectivity index (χ3n) is 4.38. The summed E-state index contributed by atoms with van der Waals surface area (Å²) in [6.45, 7) is 4.32. The van der Waals surface area contributed by atoms with Gasteiger partial charge in [0.25, 0.3) is 0 Å². The van der Waals surface area contributed by atoms with Crippen molar-refractivity contribution in [1.82, 2.24) is 24.6 Å². The molecule has 3 heterocycles. The molecule has 29 heavy (non-hydrogen) atoms. The highest BCUT2D eigenvalue weighted by Crippen LogP contribution is 2.25. The van der Waals surface area contributed by atoms with Crippen LogP contribution in [-0.4, -0.2) is 68.5 Å². The van der Waals surface area contributed by atoms with Crippen LogP contribution in [0.4, 0.5) is 5.13 Å². The van der Waals surface area contributed by atoms with Gasteiger partial charge in [0.05, 0.1) is 30.0 Å². The van der Waals surface area contributed by atoms with Crippen molar-refractivity contribution in [3.63, 3.8) is 0 Å². The molecule has 0 radical (unpaired) electrons. The average molecular weight is 433 g/mol. The number of amides is 2. The molecule has 1 saturated heterocycles. The lowest BCUT2D eigenvalue weighted by Gasteiger charge is -2.27. The van der Waals surface area contributed by atoms with E-state index in [9.17, 15) is 9.59 Å². The van der Waals surface area contributed by atoms with Gasteiger partial charge in [-0.15, -0.1) is 10.2 Å². The number of aryl methyl sites for hydroxylation is 1. The summed E-state index contributed by atoms with van der Waals surface area (Å²) in [6.07, 6.45) is 0. The van der Waals surface area contributed by atoms with Gasteiger partial charge in [0.2, 0.25) is 16.9 Å². The first-order chi connectivity index (χ1) is 14.1. The minimum Gasteiger partial charge on any atom is -0.378 e. The van der Waals surface area contributed by atoms with E-state index in [0.717, 1.165) is 16.0 Å². The lowest BCUT2D eigenvalue weighted by atomic mass is 10.3. The fraction of sp³-hybridized carbons (Fsp3) is 0.389. The third kappa shape index (κ3) is 4.74. The monoisotopic (exact) mass is 432 g/mol. The summed E-state index contributed by atoms with van der Waals surface area (Å²) in [5.41, 5.74) is 1.67. The van der Waals surface area contributed by atoms with Crippen molar-refractivity contribution >= 4 is 51.1 Å². The maximum absolute atomic E-state index is 12.8. The van der Waals surface area contributed by atoms with Crippen LogP contribution < -0.4 is 5.32 Å². The molecule has 1 fully saturated rings. The minimum absolute atomic E-state index is 0.0205. The summed E-state index contributed by atoms with van der Waals surface area (Å²) in [6, 6.07) is 7.66. The molecule has 1 aromatic carbocycles. The molecule has 3 aromatic rings. The van der Waals surface area contributed by atoms with Crippen molar-refractivity contribution in [3.05, 3.63) is 29.3 Å². The number of carbonyl (C=O) groups excluding carboxylic acids is 2. The molecule has 0 spiro atoms. The van der Waals surface area contributed by atoms with Gasteiger partial charge in [-0.3, -0.25) is 14.9 Å². The van der Waals surface area contributed by atoms with Gasteiger partial charge in [0, 0.05) is 13.1 Å². The second kappa shape index (κ2) is 8.89. The topological polar surface area (TPSA) is 102 Å². The SMILES string of the molecule is Cc1nnc(NC(=O)CSc2nc3ccccc3n2CC(=O)N2CCOCC2)s1. The van der Waals surface area contributed by atoms with Crippen LogP contribution >= 0.6 is 23.1 Å². The van der Waals surface area contributed by atoms with Crippen molar-refractivity contribution < 1.29 is 14.3 Å². The molecule has 2 aromatic heterocycles. The van der Waals surface area contributed by atoms with E-state index < -0.39 is 0 Å². The Hall–Kier alpha value is -2.50. The molecule has 11 heteroatoms. The molecule has 0 atom stereocenters. The number of fused-ring (bicyclic) bond motifs is 1. The first-order valence-corrected chi connectivity index (χ1v) is 10.9. The van der Waals surface area contributed by atoms with Crippen LogP contribution in [0.15, 0.2) is 29.4 Å². The van der Waals surface area contributed by atoms with Crippen LogP contribution in [0.5, 0.6) is 0 Å². The number of hydrogen-bond acceptors (Lipinski definition) is 8. The number of benzene rings is 1. The van der Waals surface area contributed by atoms with E-state index in [1.807, 2.05) is 35.8 Å².